The Morgan fingerprint density at radius 2 is 1.83 bits per heavy atom. The zero-order chi connectivity index (χ0) is 13.3. The fourth-order valence-corrected chi connectivity index (χ4v) is 2.32. The van der Waals surface area contributed by atoms with Gasteiger partial charge in [-0.05, 0) is 30.4 Å². The van der Waals surface area contributed by atoms with Gasteiger partial charge in [-0.2, -0.15) is 0 Å². The van der Waals surface area contributed by atoms with Crippen molar-refractivity contribution in [2.75, 3.05) is 25.6 Å². The molecule has 0 radical (unpaired) electrons. The van der Waals surface area contributed by atoms with Crippen molar-refractivity contribution in [3.8, 4) is 5.75 Å². The van der Waals surface area contributed by atoms with Crippen molar-refractivity contribution in [1.29, 1.82) is 0 Å². The first-order valence-corrected chi connectivity index (χ1v) is 7.24. The molecule has 2 nitrogen and oxygen atoms in total. The molecule has 0 atom stereocenters. The van der Waals surface area contributed by atoms with Crippen molar-refractivity contribution in [2.45, 2.75) is 26.7 Å². The Bertz CT molecular complexity index is 303. The zero-order valence-electron chi connectivity index (χ0n) is 11.4. The van der Waals surface area contributed by atoms with Crippen molar-refractivity contribution < 1.29 is 4.74 Å². The summed E-state index contributed by atoms with van der Waals surface area (Å²) < 4.78 is 5.63. The van der Waals surface area contributed by atoms with E-state index in [2.05, 4.69) is 19.2 Å². The van der Waals surface area contributed by atoms with Gasteiger partial charge in [0.05, 0.1) is 0 Å². The van der Waals surface area contributed by atoms with Crippen LogP contribution in [0.2, 0.25) is 0 Å². The highest BCUT2D eigenvalue weighted by atomic mass is 35.5. The number of alkyl halides is 1. The molecule has 0 bridgehead atoms. The Labute approximate surface area is 116 Å². The maximum Gasteiger partial charge on any atom is 0.119 e. The van der Waals surface area contributed by atoms with Crippen LogP contribution >= 0.6 is 11.6 Å². The number of hydrogen-bond donors (Lipinski definition) is 1. The topological polar surface area (TPSA) is 21.3 Å². The summed E-state index contributed by atoms with van der Waals surface area (Å²) in [5.41, 5.74) is 0.230. The molecule has 0 heterocycles. The number of ether oxygens (including phenoxy) is 1. The first kappa shape index (κ1) is 15.3. The van der Waals surface area contributed by atoms with Gasteiger partial charge in [-0.3, -0.25) is 0 Å². The summed E-state index contributed by atoms with van der Waals surface area (Å²) >= 11 is 6.06. The zero-order valence-corrected chi connectivity index (χ0v) is 12.2. The average molecular weight is 270 g/mol. The fraction of sp³-hybridized carbons (Fsp3) is 0.600. The fourth-order valence-electron chi connectivity index (χ4n) is 1.85. The molecule has 0 saturated carbocycles. The summed E-state index contributed by atoms with van der Waals surface area (Å²) in [5, 5.41) is 3.44. The van der Waals surface area contributed by atoms with Crippen molar-refractivity contribution in [3.05, 3.63) is 30.3 Å². The minimum absolute atomic E-state index is 0.230. The monoisotopic (exact) mass is 269 g/mol. The summed E-state index contributed by atoms with van der Waals surface area (Å²) in [4.78, 5) is 0. The summed E-state index contributed by atoms with van der Waals surface area (Å²) in [6.07, 6.45) is 2.22. The molecule has 0 aliphatic rings. The molecule has 1 rings (SSSR count). The van der Waals surface area contributed by atoms with E-state index < -0.39 is 0 Å². The second-order valence-electron chi connectivity index (χ2n) is 4.68. The predicted molar refractivity (Wildman–Crippen MR) is 78.5 cm³/mol. The Kier molecular flexibility index (Phi) is 7.14. The van der Waals surface area contributed by atoms with E-state index in [-0.39, 0.29) is 5.41 Å². The lowest BCUT2D eigenvalue weighted by molar-refractivity contribution is 0.263. The molecule has 0 spiro atoms. The van der Waals surface area contributed by atoms with E-state index in [1.807, 2.05) is 30.3 Å². The Balaban J connectivity index is 2.18. The highest BCUT2D eigenvalue weighted by Gasteiger charge is 2.24. The van der Waals surface area contributed by atoms with Crippen molar-refractivity contribution in [3.63, 3.8) is 0 Å². The number of para-hydroxylation sites is 1. The normalized spacial score (nSPS) is 11.5. The van der Waals surface area contributed by atoms with Crippen molar-refractivity contribution >= 4 is 11.6 Å². The smallest absolute Gasteiger partial charge is 0.119 e. The number of hydrogen-bond acceptors (Lipinski definition) is 2. The third-order valence-electron chi connectivity index (χ3n) is 3.57. The van der Waals surface area contributed by atoms with Crippen LogP contribution in [-0.2, 0) is 0 Å². The van der Waals surface area contributed by atoms with E-state index in [4.69, 9.17) is 16.3 Å². The Morgan fingerprint density at radius 1 is 1.17 bits per heavy atom. The van der Waals surface area contributed by atoms with Gasteiger partial charge < -0.3 is 10.1 Å². The quantitative estimate of drug-likeness (QED) is 0.545. The van der Waals surface area contributed by atoms with Gasteiger partial charge in [0.1, 0.15) is 12.4 Å². The SMILES string of the molecule is CCC(CC)(CCl)CNCCOc1ccccc1. The van der Waals surface area contributed by atoms with Gasteiger partial charge >= 0.3 is 0 Å². The van der Waals surface area contributed by atoms with Gasteiger partial charge in [0.25, 0.3) is 0 Å². The maximum atomic E-state index is 6.06. The molecule has 0 saturated heterocycles. The lowest BCUT2D eigenvalue weighted by Gasteiger charge is -2.29. The van der Waals surface area contributed by atoms with Crippen LogP contribution in [0.15, 0.2) is 30.3 Å². The Hall–Kier alpha value is -0.730. The third kappa shape index (κ3) is 4.87. The lowest BCUT2D eigenvalue weighted by atomic mass is 9.84. The molecule has 0 aromatic heterocycles. The number of halogens is 1. The van der Waals surface area contributed by atoms with E-state index in [9.17, 15) is 0 Å². The van der Waals surface area contributed by atoms with Crippen LogP contribution in [0, 0.1) is 5.41 Å². The summed E-state index contributed by atoms with van der Waals surface area (Å²) in [5.74, 6) is 1.64. The molecular formula is C15H24ClNO. The lowest BCUT2D eigenvalue weighted by Crippen LogP contribution is -2.36. The molecule has 3 heteroatoms. The number of rotatable bonds is 9. The van der Waals surface area contributed by atoms with Gasteiger partial charge in [0, 0.05) is 19.0 Å². The highest BCUT2D eigenvalue weighted by Crippen LogP contribution is 2.26. The largest absolute Gasteiger partial charge is 0.492 e. The van der Waals surface area contributed by atoms with Gasteiger partial charge in [-0.25, -0.2) is 0 Å². The van der Waals surface area contributed by atoms with Crippen molar-refractivity contribution in [2.24, 2.45) is 5.41 Å². The van der Waals surface area contributed by atoms with Crippen LogP contribution in [-0.4, -0.2) is 25.6 Å². The highest BCUT2D eigenvalue weighted by molar-refractivity contribution is 6.18. The first-order chi connectivity index (χ1) is 8.76. The third-order valence-corrected chi connectivity index (χ3v) is 4.14. The molecule has 1 N–H and O–H groups in total. The molecule has 18 heavy (non-hydrogen) atoms. The molecule has 1 aromatic carbocycles. The Morgan fingerprint density at radius 3 is 2.39 bits per heavy atom. The molecule has 1 aromatic rings. The standard InChI is InChI=1S/C15H24ClNO/c1-3-15(4-2,12-16)13-17-10-11-18-14-8-6-5-7-9-14/h5-9,17H,3-4,10-13H2,1-2H3. The van der Waals surface area contributed by atoms with Gasteiger partial charge in [0.15, 0.2) is 0 Å². The summed E-state index contributed by atoms with van der Waals surface area (Å²) in [6.45, 7) is 6.91. The van der Waals surface area contributed by atoms with Gasteiger partial charge in [-0.15, -0.1) is 11.6 Å². The van der Waals surface area contributed by atoms with E-state index in [0.29, 0.717) is 12.5 Å². The maximum absolute atomic E-state index is 6.06. The minimum atomic E-state index is 0.230. The predicted octanol–water partition coefficient (Wildman–Crippen LogP) is 3.70. The van der Waals surface area contributed by atoms with Crippen molar-refractivity contribution in [1.82, 2.24) is 5.32 Å². The van der Waals surface area contributed by atoms with E-state index in [1.54, 1.807) is 0 Å². The van der Waals surface area contributed by atoms with Gasteiger partial charge in [0.2, 0.25) is 0 Å². The summed E-state index contributed by atoms with van der Waals surface area (Å²) in [6, 6.07) is 9.90. The molecule has 0 unspecified atom stereocenters. The molecular weight excluding hydrogens is 246 g/mol. The number of benzene rings is 1. The molecule has 0 fully saturated rings. The minimum Gasteiger partial charge on any atom is -0.492 e. The van der Waals surface area contributed by atoms with Crippen LogP contribution in [0.5, 0.6) is 5.75 Å². The van der Waals surface area contributed by atoms with Crippen LogP contribution in [0.25, 0.3) is 0 Å². The van der Waals surface area contributed by atoms with Crippen LogP contribution in [0.3, 0.4) is 0 Å². The molecule has 0 aliphatic heterocycles. The summed E-state index contributed by atoms with van der Waals surface area (Å²) in [7, 11) is 0. The van der Waals surface area contributed by atoms with Crippen LogP contribution in [0.4, 0.5) is 0 Å². The molecule has 0 aliphatic carbocycles. The van der Waals surface area contributed by atoms with E-state index in [0.717, 1.165) is 31.7 Å². The molecule has 102 valence electrons. The second-order valence-corrected chi connectivity index (χ2v) is 4.95. The van der Waals surface area contributed by atoms with E-state index >= 15 is 0 Å². The van der Waals surface area contributed by atoms with Crippen LogP contribution < -0.4 is 10.1 Å². The molecule has 0 amide bonds. The van der Waals surface area contributed by atoms with E-state index in [1.165, 1.54) is 0 Å². The van der Waals surface area contributed by atoms with Gasteiger partial charge in [-0.1, -0.05) is 32.0 Å². The first-order valence-electron chi connectivity index (χ1n) is 6.71. The van der Waals surface area contributed by atoms with Crippen LogP contribution in [0.1, 0.15) is 26.7 Å². The second kappa shape index (κ2) is 8.39. The average Bonchev–Trinajstić information content (AvgIpc) is 2.45. The number of nitrogens with one attached hydrogen (secondary N) is 1.